The molecule has 2 aromatic carbocycles. The van der Waals surface area contributed by atoms with Gasteiger partial charge in [-0.15, -0.1) is 0 Å². The molecule has 0 amide bonds. The minimum atomic E-state index is -4.13. The van der Waals surface area contributed by atoms with Gasteiger partial charge in [-0.05, 0) is 57.2 Å². The van der Waals surface area contributed by atoms with E-state index in [0.717, 1.165) is 25.9 Å². The Balaban J connectivity index is 1.58. The van der Waals surface area contributed by atoms with E-state index in [0.29, 0.717) is 16.6 Å². The van der Waals surface area contributed by atoms with Crippen LogP contribution in [-0.4, -0.2) is 48.0 Å². The summed E-state index contributed by atoms with van der Waals surface area (Å²) in [6, 6.07) is 8.55. The second-order valence-electron chi connectivity index (χ2n) is 8.79. The summed E-state index contributed by atoms with van der Waals surface area (Å²) in [5.74, 6) is -0.519. The number of nitrogens with zero attached hydrogens (tertiary/aromatic N) is 4. The summed E-state index contributed by atoms with van der Waals surface area (Å²) in [7, 11) is -2.06. The highest BCUT2D eigenvalue weighted by Gasteiger charge is 2.26. The van der Waals surface area contributed by atoms with Crippen LogP contribution in [0.25, 0.3) is 22.2 Å². The topological polar surface area (TPSA) is 106 Å². The summed E-state index contributed by atoms with van der Waals surface area (Å²) < 4.78 is 46.1. The molecule has 3 heterocycles. The van der Waals surface area contributed by atoms with Crippen molar-refractivity contribution in [1.29, 1.82) is 0 Å². The summed E-state index contributed by atoms with van der Waals surface area (Å²) in [6.45, 7) is 1.86. The number of piperidine rings is 1. The van der Waals surface area contributed by atoms with E-state index in [-0.39, 0.29) is 38.1 Å². The van der Waals surface area contributed by atoms with E-state index >= 15 is 4.39 Å². The van der Waals surface area contributed by atoms with E-state index in [1.54, 1.807) is 12.1 Å². The first-order valence-electron chi connectivity index (χ1n) is 11.2. The van der Waals surface area contributed by atoms with E-state index in [2.05, 4.69) is 26.6 Å². The molecule has 0 bridgehead atoms. The molecule has 0 atom stereocenters. The smallest absolute Gasteiger partial charge is 0.262 e. The van der Waals surface area contributed by atoms with Crippen LogP contribution < -0.4 is 10.5 Å². The Bertz CT molecular complexity index is 1570. The van der Waals surface area contributed by atoms with Gasteiger partial charge in [0.15, 0.2) is 5.82 Å². The van der Waals surface area contributed by atoms with Crippen molar-refractivity contribution in [2.75, 3.05) is 30.6 Å². The molecule has 1 fully saturated rings. The number of fused-ring (bicyclic) bond motifs is 1. The lowest BCUT2D eigenvalue weighted by atomic mass is 10.0. The average molecular weight is 549 g/mol. The van der Waals surface area contributed by atoms with Crippen LogP contribution in [0, 0.1) is 5.82 Å². The lowest BCUT2D eigenvalue weighted by Crippen LogP contribution is -2.31. The molecule has 8 nitrogen and oxygen atoms in total. The van der Waals surface area contributed by atoms with Crippen molar-refractivity contribution in [2.45, 2.75) is 23.8 Å². The highest BCUT2D eigenvalue weighted by Crippen LogP contribution is 2.39. The Hall–Kier alpha value is -2.92. The van der Waals surface area contributed by atoms with Crippen LogP contribution in [0.3, 0.4) is 0 Å². The van der Waals surface area contributed by atoms with Gasteiger partial charge in [-0.25, -0.2) is 22.8 Å². The fraction of sp³-hybridized carbons (Fsp3) is 0.250. The van der Waals surface area contributed by atoms with E-state index < -0.39 is 15.8 Å². The van der Waals surface area contributed by atoms with Crippen molar-refractivity contribution in [3.63, 3.8) is 0 Å². The lowest BCUT2D eigenvalue weighted by Gasteiger charge is -2.30. The van der Waals surface area contributed by atoms with Crippen LogP contribution in [-0.2, 0) is 10.0 Å². The van der Waals surface area contributed by atoms with Crippen molar-refractivity contribution in [3.8, 4) is 11.1 Å². The molecule has 1 aliphatic heterocycles. The minimum absolute atomic E-state index is 0.0750. The first-order chi connectivity index (χ1) is 17.2. The summed E-state index contributed by atoms with van der Waals surface area (Å²) in [4.78, 5) is 10.7. The third kappa shape index (κ3) is 4.50. The summed E-state index contributed by atoms with van der Waals surface area (Å²) in [6.07, 6.45) is 5.05. The Morgan fingerprint density at radius 2 is 1.83 bits per heavy atom. The summed E-state index contributed by atoms with van der Waals surface area (Å²) >= 11 is 11.9. The molecule has 0 spiro atoms. The van der Waals surface area contributed by atoms with Gasteiger partial charge in [0.05, 0.1) is 26.0 Å². The second kappa shape index (κ2) is 9.51. The SMILES string of the molecule is CN1CCC(n2cc(-c3cccc(NS(=O)(=O)c4ccc(Cl)c(Cl)c4)c3F)c3c(N)ncnc32)CC1. The summed E-state index contributed by atoms with van der Waals surface area (Å²) in [5, 5.41) is 0.815. The van der Waals surface area contributed by atoms with Gasteiger partial charge in [-0.3, -0.25) is 4.72 Å². The van der Waals surface area contributed by atoms with E-state index in [9.17, 15) is 8.42 Å². The van der Waals surface area contributed by atoms with E-state index in [4.69, 9.17) is 28.9 Å². The number of nitrogens with one attached hydrogen (secondary N) is 1. The highest BCUT2D eigenvalue weighted by atomic mass is 35.5. The third-order valence-corrected chi connectivity index (χ3v) is 8.56. The van der Waals surface area contributed by atoms with Crippen molar-refractivity contribution >= 4 is 55.8 Å². The quantitative estimate of drug-likeness (QED) is 0.355. The molecule has 188 valence electrons. The molecule has 2 aromatic heterocycles. The number of sulfonamides is 1. The number of nitrogens with two attached hydrogens (primary N) is 1. The van der Waals surface area contributed by atoms with Crippen molar-refractivity contribution in [3.05, 3.63) is 64.8 Å². The maximum absolute atomic E-state index is 15.8. The Labute approximate surface area is 217 Å². The molecule has 3 N–H and O–H groups in total. The zero-order valence-electron chi connectivity index (χ0n) is 19.2. The van der Waals surface area contributed by atoms with Crippen LogP contribution in [0.1, 0.15) is 18.9 Å². The standard InChI is InChI=1S/C24H23Cl2FN6O2S/c1-32-9-7-14(8-10-32)33-12-17(21-23(28)29-13-30-24(21)33)16-3-2-4-20(22(16)27)31-36(34,35)15-5-6-18(25)19(26)11-15/h2-6,11-14,31H,7-10H2,1H3,(H2,28,29,30). The van der Waals surface area contributed by atoms with Gasteiger partial charge in [0, 0.05) is 23.4 Å². The Kier molecular flexibility index (Phi) is 6.54. The van der Waals surface area contributed by atoms with Gasteiger partial charge in [0.1, 0.15) is 17.8 Å². The van der Waals surface area contributed by atoms with E-state index in [1.807, 2.05) is 10.8 Å². The molecule has 12 heteroatoms. The largest absolute Gasteiger partial charge is 0.383 e. The number of hydrogen-bond acceptors (Lipinski definition) is 6. The molecule has 5 rings (SSSR count). The molecular weight excluding hydrogens is 526 g/mol. The van der Waals surface area contributed by atoms with Crippen LogP contribution >= 0.6 is 23.2 Å². The lowest BCUT2D eigenvalue weighted by molar-refractivity contribution is 0.224. The minimum Gasteiger partial charge on any atom is -0.383 e. The van der Waals surface area contributed by atoms with Gasteiger partial charge in [0.2, 0.25) is 0 Å². The van der Waals surface area contributed by atoms with Crippen molar-refractivity contribution in [1.82, 2.24) is 19.4 Å². The third-order valence-electron chi connectivity index (χ3n) is 6.45. The number of nitrogen functional groups attached to an aromatic ring is 1. The van der Waals surface area contributed by atoms with Crippen LogP contribution in [0.4, 0.5) is 15.9 Å². The monoisotopic (exact) mass is 548 g/mol. The molecule has 0 radical (unpaired) electrons. The molecule has 0 aliphatic carbocycles. The molecule has 1 aliphatic rings. The predicted octanol–water partition coefficient (Wildman–Crippen LogP) is 5.19. The molecule has 1 saturated heterocycles. The molecule has 36 heavy (non-hydrogen) atoms. The zero-order chi connectivity index (χ0) is 25.6. The number of halogens is 3. The first kappa shape index (κ1) is 24.8. The van der Waals surface area contributed by atoms with Crippen LogP contribution in [0.15, 0.2) is 53.8 Å². The first-order valence-corrected chi connectivity index (χ1v) is 13.5. The number of rotatable bonds is 5. The Morgan fingerprint density at radius 1 is 1.08 bits per heavy atom. The second-order valence-corrected chi connectivity index (χ2v) is 11.3. The van der Waals surface area contributed by atoms with Gasteiger partial charge in [-0.1, -0.05) is 35.3 Å². The average Bonchev–Trinajstić information content (AvgIpc) is 3.23. The maximum atomic E-state index is 15.8. The fourth-order valence-electron chi connectivity index (χ4n) is 4.53. The van der Waals surface area contributed by atoms with Crippen LogP contribution in [0.2, 0.25) is 10.0 Å². The van der Waals surface area contributed by atoms with Gasteiger partial charge >= 0.3 is 0 Å². The number of aromatic nitrogens is 3. The number of benzene rings is 2. The predicted molar refractivity (Wildman–Crippen MR) is 140 cm³/mol. The highest BCUT2D eigenvalue weighted by molar-refractivity contribution is 7.92. The summed E-state index contributed by atoms with van der Waals surface area (Å²) in [5.41, 5.74) is 7.31. The van der Waals surface area contributed by atoms with Crippen molar-refractivity contribution in [2.24, 2.45) is 0 Å². The van der Waals surface area contributed by atoms with Gasteiger partial charge in [-0.2, -0.15) is 0 Å². The molecular formula is C24H23Cl2FN6O2S. The normalized spacial score (nSPS) is 15.4. The maximum Gasteiger partial charge on any atom is 0.262 e. The fourth-order valence-corrected chi connectivity index (χ4v) is 5.98. The molecule has 4 aromatic rings. The van der Waals surface area contributed by atoms with Gasteiger partial charge in [0.25, 0.3) is 10.0 Å². The number of anilines is 2. The number of hydrogen-bond donors (Lipinski definition) is 2. The Morgan fingerprint density at radius 3 is 2.56 bits per heavy atom. The molecule has 0 unspecified atom stereocenters. The number of likely N-dealkylation sites (tertiary alicyclic amines) is 1. The van der Waals surface area contributed by atoms with Crippen molar-refractivity contribution < 1.29 is 12.8 Å². The van der Waals surface area contributed by atoms with Gasteiger partial charge < -0.3 is 15.2 Å². The zero-order valence-corrected chi connectivity index (χ0v) is 21.6. The van der Waals surface area contributed by atoms with E-state index in [1.165, 1.54) is 30.6 Å². The molecule has 0 saturated carbocycles. The van der Waals surface area contributed by atoms with Crippen LogP contribution in [0.5, 0.6) is 0 Å².